The van der Waals surface area contributed by atoms with Gasteiger partial charge in [0.1, 0.15) is 16.9 Å². The number of rotatable bonds is 5. The lowest BCUT2D eigenvalue weighted by molar-refractivity contribution is -0.130. The molecule has 0 unspecified atom stereocenters. The standard InChI is InChI=1S/C19H19ClN4O2/c1-24(2)19(26)16(10-12-6-4-3-5-7-12)23-18(25)15-11-14-13(21-15)8-9-17(20)22-14/h3-9,11,16,21H,10H2,1-2H3,(H,23,25)/t16-/m0/s1. The van der Waals surface area contributed by atoms with Crippen molar-refractivity contribution >= 4 is 34.4 Å². The zero-order chi connectivity index (χ0) is 18.7. The summed E-state index contributed by atoms with van der Waals surface area (Å²) in [6, 6.07) is 13.9. The normalized spacial score (nSPS) is 12.0. The molecule has 2 amide bonds. The number of H-pyrrole nitrogens is 1. The van der Waals surface area contributed by atoms with Crippen LogP contribution < -0.4 is 5.32 Å². The highest BCUT2D eigenvalue weighted by Gasteiger charge is 2.24. The molecule has 1 atom stereocenters. The molecule has 2 heterocycles. The summed E-state index contributed by atoms with van der Waals surface area (Å²) in [5, 5.41) is 3.17. The zero-order valence-electron chi connectivity index (χ0n) is 14.5. The number of aromatic nitrogens is 2. The Hall–Kier alpha value is -2.86. The molecule has 26 heavy (non-hydrogen) atoms. The van der Waals surface area contributed by atoms with Gasteiger partial charge in [-0.05, 0) is 23.8 Å². The Balaban J connectivity index is 1.82. The van der Waals surface area contributed by atoms with Gasteiger partial charge in [0.25, 0.3) is 5.91 Å². The van der Waals surface area contributed by atoms with Crippen LogP contribution in [-0.2, 0) is 11.2 Å². The van der Waals surface area contributed by atoms with Crippen LogP contribution in [0.1, 0.15) is 16.1 Å². The first-order valence-electron chi connectivity index (χ1n) is 8.15. The van der Waals surface area contributed by atoms with Crippen molar-refractivity contribution in [2.75, 3.05) is 14.1 Å². The minimum atomic E-state index is -0.664. The molecule has 6 nitrogen and oxygen atoms in total. The maximum atomic E-state index is 12.7. The van der Waals surface area contributed by atoms with E-state index in [1.165, 1.54) is 4.90 Å². The highest BCUT2D eigenvalue weighted by Crippen LogP contribution is 2.16. The second-order valence-electron chi connectivity index (χ2n) is 6.20. The summed E-state index contributed by atoms with van der Waals surface area (Å²) in [5.41, 5.74) is 2.61. The van der Waals surface area contributed by atoms with Gasteiger partial charge in [-0.1, -0.05) is 41.9 Å². The number of nitrogens with zero attached hydrogens (tertiary/aromatic N) is 2. The number of amides is 2. The number of pyridine rings is 1. The number of likely N-dealkylation sites (N-methyl/N-ethyl adjacent to an activating group) is 1. The molecule has 0 radical (unpaired) electrons. The summed E-state index contributed by atoms with van der Waals surface area (Å²) < 4.78 is 0. The summed E-state index contributed by atoms with van der Waals surface area (Å²) >= 11 is 5.88. The summed E-state index contributed by atoms with van der Waals surface area (Å²) in [5.74, 6) is -0.533. The molecular formula is C19H19ClN4O2. The van der Waals surface area contributed by atoms with E-state index in [0.29, 0.717) is 28.3 Å². The molecule has 1 aromatic carbocycles. The lowest BCUT2D eigenvalue weighted by Gasteiger charge is -2.21. The molecule has 0 aliphatic rings. The third kappa shape index (κ3) is 4.03. The quantitative estimate of drug-likeness (QED) is 0.678. The van der Waals surface area contributed by atoms with Crippen LogP contribution in [0.25, 0.3) is 11.0 Å². The van der Waals surface area contributed by atoms with Crippen LogP contribution in [-0.4, -0.2) is 46.8 Å². The van der Waals surface area contributed by atoms with Crippen LogP contribution >= 0.6 is 11.6 Å². The fourth-order valence-corrected chi connectivity index (χ4v) is 2.86. The minimum Gasteiger partial charge on any atom is -0.349 e. The van der Waals surface area contributed by atoms with Gasteiger partial charge in [-0.25, -0.2) is 4.98 Å². The second kappa shape index (κ2) is 7.58. The molecule has 134 valence electrons. The number of hydrogen-bond donors (Lipinski definition) is 2. The van der Waals surface area contributed by atoms with Crippen LogP contribution in [0.5, 0.6) is 0 Å². The lowest BCUT2D eigenvalue weighted by atomic mass is 10.0. The van der Waals surface area contributed by atoms with Gasteiger partial charge in [-0.2, -0.15) is 0 Å². The van der Waals surface area contributed by atoms with Crippen molar-refractivity contribution in [3.05, 3.63) is 64.9 Å². The molecule has 7 heteroatoms. The van der Waals surface area contributed by atoms with Crippen molar-refractivity contribution in [2.24, 2.45) is 0 Å². The Labute approximate surface area is 156 Å². The Morgan fingerprint density at radius 1 is 1.19 bits per heavy atom. The maximum absolute atomic E-state index is 12.7. The van der Waals surface area contributed by atoms with E-state index in [2.05, 4.69) is 15.3 Å². The highest BCUT2D eigenvalue weighted by atomic mass is 35.5. The van der Waals surface area contributed by atoms with Gasteiger partial charge >= 0.3 is 0 Å². The first-order valence-corrected chi connectivity index (χ1v) is 8.53. The van der Waals surface area contributed by atoms with E-state index < -0.39 is 6.04 Å². The van der Waals surface area contributed by atoms with Gasteiger partial charge in [-0.3, -0.25) is 9.59 Å². The molecular weight excluding hydrogens is 352 g/mol. The van der Waals surface area contributed by atoms with Crippen molar-refractivity contribution in [2.45, 2.75) is 12.5 Å². The Bertz CT molecular complexity index is 937. The van der Waals surface area contributed by atoms with Crippen molar-refractivity contribution < 1.29 is 9.59 Å². The molecule has 2 aromatic heterocycles. The summed E-state index contributed by atoms with van der Waals surface area (Å²) in [6.45, 7) is 0. The molecule has 0 saturated carbocycles. The van der Waals surface area contributed by atoms with E-state index in [1.54, 1.807) is 32.3 Å². The zero-order valence-corrected chi connectivity index (χ0v) is 15.2. The topological polar surface area (TPSA) is 78.1 Å². The summed E-state index contributed by atoms with van der Waals surface area (Å²) in [6.07, 6.45) is 0.411. The monoisotopic (exact) mass is 370 g/mol. The SMILES string of the molecule is CN(C)C(=O)[C@H](Cc1ccccc1)NC(=O)c1cc2nc(Cl)ccc2[nH]1. The van der Waals surface area contributed by atoms with Crippen molar-refractivity contribution in [1.82, 2.24) is 20.2 Å². The Morgan fingerprint density at radius 2 is 1.92 bits per heavy atom. The molecule has 0 spiro atoms. The van der Waals surface area contributed by atoms with Gasteiger partial charge in [0.15, 0.2) is 0 Å². The van der Waals surface area contributed by atoms with E-state index in [4.69, 9.17) is 11.6 Å². The summed E-state index contributed by atoms with van der Waals surface area (Å²) in [4.78, 5) is 33.8. The number of aromatic amines is 1. The number of carbonyl (C=O) groups excluding carboxylic acids is 2. The largest absolute Gasteiger partial charge is 0.349 e. The van der Waals surface area contributed by atoms with E-state index in [9.17, 15) is 9.59 Å². The van der Waals surface area contributed by atoms with Crippen LogP contribution in [0.2, 0.25) is 5.15 Å². The van der Waals surface area contributed by atoms with Gasteiger partial charge in [-0.15, -0.1) is 0 Å². The molecule has 3 aromatic rings. The third-order valence-electron chi connectivity index (χ3n) is 4.01. The molecule has 0 saturated heterocycles. The Kier molecular flexibility index (Phi) is 5.23. The van der Waals surface area contributed by atoms with E-state index in [1.807, 2.05) is 30.3 Å². The maximum Gasteiger partial charge on any atom is 0.268 e. The number of hydrogen-bond acceptors (Lipinski definition) is 3. The van der Waals surface area contributed by atoms with Crippen molar-refractivity contribution in [1.29, 1.82) is 0 Å². The van der Waals surface area contributed by atoms with E-state index in [0.717, 1.165) is 5.56 Å². The van der Waals surface area contributed by atoms with E-state index >= 15 is 0 Å². The van der Waals surface area contributed by atoms with Gasteiger partial charge in [0, 0.05) is 20.5 Å². The van der Waals surface area contributed by atoms with Gasteiger partial charge < -0.3 is 15.2 Å². The smallest absolute Gasteiger partial charge is 0.268 e. The predicted octanol–water partition coefficient (Wildman–Crippen LogP) is 2.65. The fraction of sp³-hybridized carbons (Fsp3) is 0.211. The minimum absolute atomic E-state index is 0.167. The molecule has 3 rings (SSSR count). The second-order valence-corrected chi connectivity index (χ2v) is 6.59. The van der Waals surface area contributed by atoms with Crippen LogP contribution in [0.3, 0.4) is 0 Å². The molecule has 0 fully saturated rings. The average Bonchev–Trinajstić information content (AvgIpc) is 3.04. The Morgan fingerprint density at radius 3 is 2.62 bits per heavy atom. The summed E-state index contributed by atoms with van der Waals surface area (Å²) in [7, 11) is 3.34. The van der Waals surface area contributed by atoms with Crippen LogP contribution in [0.15, 0.2) is 48.5 Å². The van der Waals surface area contributed by atoms with Gasteiger partial charge in [0.2, 0.25) is 5.91 Å². The fourth-order valence-electron chi connectivity index (χ4n) is 2.70. The molecule has 0 bridgehead atoms. The number of carbonyl (C=O) groups is 2. The predicted molar refractivity (Wildman–Crippen MR) is 101 cm³/mol. The average molecular weight is 371 g/mol. The van der Waals surface area contributed by atoms with Crippen molar-refractivity contribution in [3.63, 3.8) is 0 Å². The number of halogens is 1. The number of fused-ring (bicyclic) bond motifs is 1. The van der Waals surface area contributed by atoms with E-state index in [-0.39, 0.29) is 11.8 Å². The van der Waals surface area contributed by atoms with Crippen LogP contribution in [0.4, 0.5) is 0 Å². The first kappa shape index (κ1) is 17.9. The van der Waals surface area contributed by atoms with Crippen LogP contribution in [0, 0.1) is 0 Å². The van der Waals surface area contributed by atoms with Gasteiger partial charge in [0.05, 0.1) is 11.0 Å². The number of nitrogens with one attached hydrogen (secondary N) is 2. The third-order valence-corrected chi connectivity index (χ3v) is 4.22. The molecule has 2 N–H and O–H groups in total. The molecule has 0 aliphatic carbocycles. The molecule has 0 aliphatic heterocycles. The first-order chi connectivity index (χ1) is 12.4. The highest BCUT2D eigenvalue weighted by molar-refractivity contribution is 6.29. The lowest BCUT2D eigenvalue weighted by Crippen LogP contribution is -2.47. The number of benzene rings is 1. The van der Waals surface area contributed by atoms with Crippen molar-refractivity contribution in [3.8, 4) is 0 Å².